The van der Waals surface area contributed by atoms with E-state index < -0.39 is 23.4 Å². The summed E-state index contributed by atoms with van der Waals surface area (Å²) in [5.74, 6) is -2.77. The third kappa shape index (κ3) is 3.50. The molecule has 0 aliphatic heterocycles. The second-order valence-corrected chi connectivity index (χ2v) is 4.58. The van der Waals surface area contributed by atoms with Gasteiger partial charge in [-0.3, -0.25) is 9.59 Å². The fourth-order valence-corrected chi connectivity index (χ4v) is 1.87. The summed E-state index contributed by atoms with van der Waals surface area (Å²) in [6, 6.07) is 5.66. The number of alkyl halides is 3. The molecule has 0 saturated heterocycles. The zero-order chi connectivity index (χ0) is 17.2. The molecule has 2 aromatic rings. The van der Waals surface area contributed by atoms with E-state index in [1.165, 1.54) is 38.2 Å². The summed E-state index contributed by atoms with van der Waals surface area (Å²) in [6.45, 7) is 1.24. The lowest BCUT2D eigenvalue weighted by Crippen LogP contribution is -2.19. The Morgan fingerprint density at radius 1 is 1.13 bits per heavy atom. The number of rotatable bonds is 3. The van der Waals surface area contributed by atoms with E-state index in [1.54, 1.807) is 0 Å². The van der Waals surface area contributed by atoms with Crippen LogP contribution in [0.5, 0.6) is 0 Å². The molecule has 1 aromatic heterocycles. The molecule has 23 heavy (non-hydrogen) atoms. The average molecular weight is 327 g/mol. The first-order valence-electron chi connectivity index (χ1n) is 6.41. The average Bonchev–Trinajstić information content (AvgIpc) is 2.89. The lowest BCUT2D eigenvalue weighted by molar-refractivity contribution is -0.155. The molecule has 0 aliphatic rings. The molecule has 0 atom stereocenters. The van der Waals surface area contributed by atoms with Gasteiger partial charge in [0.1, 0.15) is 5.56 Å². The van der Waals surface area contributed by atoms with Crippen molar-refractivity contribution >= 4 is 17.5 Å². The molecule has 0 saturated carbocycles. The largest absolute Gasteiger partial charge is 0.453 e. The first kappa shape index (κ1) is 16.5. The van der Waals surface area contributed by atoms with Crippen molar-refractivity contribution in [2.45, 2.75) is 13.1 Å². The molecule has 0 bridgehead atoms. The van der Waals surface area contributed by atoms with Crippen molar-refractivity contribution in [3.8, 4) is 0 Å². The molecule has 0 aliphatic carbocycles. The van der Waals surface area contributed by atoms with E-state index in [0.29, 0.717) is 5.56 Å². The quantitative estimate of drug-likeness (QED) is 0.907. The fourth-order valence-electron chi connectivity index (χ4n) is 1.87. The van der Waals surface area contributed by atoms with E-state index >= 15 is 0 Å². The van der Waals surface area contributed by atoms with Gasteiger partial charge in [-0.05, 0) is 31.2 Å². The maximum Gasteiger partial charge on any atom is 0.453 e. The van der Waals surface area contributed by atoms with E-state index in [4.69, 9.17) is 0 Å². The number of nitrogens with one attached hydrogen (secondary N) is 2. The maximum absolute atomic E-state index is 12.8. The van der Waals surface area contributed by atoms with Crippen LogP contribution in [0.1, 0.15) is 32.2 Å². The zero-order valence-electron chi connectivity index (χ0n) is 12.1. The summed E-state index contributed by atoms with van der Waals surface area (Å²) in [5, 5.41) is 7.92. The topological polar surface area (TPSA) is 84.2 Å². The molecule has 2 amide bonds. The van der Waals surface area contributed by atoms with E-state index in [9.17, 15) is 22.8 Å². The predicted molar refractivity (Wildman–Crippen MR) is 74.0 cm³/mol. The molecule has 0 fully saturated rings. The van der Waals surface area contributed by atoms with E-state index in [1.807, 2.05) is 0 Å². The van der Waals surface area contributed by atoms with Crippen LogP contribution in [0.25, 0.3) is 0 Å². The number of aryl methyl sites for hydroxylation is 1. The highest BCUT2D eigenvalue weighted by atomic mass is 19.4. The highest BCUT2D eigenvalue weighted by Crippen LogP contribution is 2.33. The Morgan fingerprint density at radius 3 is 2.26 bits per heavy atom. The van der Waals surface area contributed by atoms with Crippen LogP contribution in [0.15, 0.2) is 28.8 Å². The van der Waals surface area contributed by atoms with Gasteiger partial charge in [-0.25, -0.2) is 0 Å². The summed E-state index contributed by atoms with van der Waals surface area (Å²) >= 11 is 0. The van der Waals surface area contributed by atoms with Gasteiger partial charge in [0.2, 0.25) is 0 Å². The van der Waals surface area contributed by atoms with Gasteiger partial charge in [0.25, 0.3) is 17.6 Å². The molecule has 1 heterocycles. The van der Waals surface area contributed by atoms with Crippen molar-refractivity contribution in [2.24, 2.45) is 0 Å². The molecular formula is C14H12F3N3O3. The number of anilines is 1. The smallest absolute Gasteiger partial charge is 0.355 e. The molecule has 0 radical (unpaired) electrons. The SMILES string of the molecule is CNC(=O)c1ccc(NC(=O)c2c(C)noc2C(F)(F)F)cc1. The van der Waals surface area contributed by atoms with Gasteiger partial charge in [0, 0.05) is 18.3 Å². The van der Waals surface area contributed by atoms with E-state index in [-0.39, 0.29) is 17.3 Å². The number of amides is 2. The van der Waals surface area contributed by atoms with Gasteiger partial charge < -0.3 is 15.2 Å². The molecule has 2 N–H and O–H groups in total. The van der Waals surface area contributed by atoms with Gasteiger partial charge in [0.15, 0.2) is 0 Å². The van der Waals surface area contributed by atoms with Crippen molar-refractivity contribution in [1.29, 1.82) is 0 Å². The molecule has 1 aromatic carbocycles. The fraction of sp³-hybridized carbons (Fsp3) is 0.214. The van der Waals surface area contributed by atoms with Crippen molar-refractivity contribution in [3.63, 3.8) is 0 Å². The van der Waals surface area contributed by atoms with Crippen molar-refractivity contribution < 1.29 is 27.3 Å². The van der Waals surface area contributed by atoms with E-state index in [2.05, 4.69) is 20.3 Å². The summed E-state index contributed by atoms with van der Waals surface area (Å²) in [6.07, 6.45) is -4.82. The third-order valence-corrected chi connectivity index (χ3v) is 2.98. The Kier molecular flexibility index (Phi) is 4.39. The van der Waals surface area contributed by atoms with Crippen LogP contribution in [0.2, 0.25) is 0 Å². The Bertz CT molecular complexity index is 736. The second kappa shape index (κ2) is 6.11. The molecule has 9 heteroatoms. The molecular weight excluding hydrogens is 315 g/mol. The first-order chi connectivity index (χ1) is 10.7. The van der Waals surface area contributed by atoms with Crippen LogP contribution in [-0.4, -0.2) is 24.0 Å². The standard InChI is InChI=1S/C14H12F3N3O3/c1-7-10(11(23-20-7)14(15,16)17)13(22)19-9-5-3-8(4-6-9)12(21)18-2/h3-6H,1-2H3,(H,18,21)(H,19,22). The highest BCUT2D eigenvalue weighted by molar-refractivity contribution is 6.06. The van der Waals surface area contributed by atoms with Crippen LogP contribution in [0.4, 0.5) is 18.9 Å². The Morgan fingerprint density at radius 2 is 1.74 bits per heavy atom. The lowest BCUT2D eigenvalue weighted by atomic mass is 10.1. The number of hydrogen-bond donors (Lipinski definition) is 2. The summed E-state index contributed by atoms with van der Waals surface area (Å²) in [5.41, 5.74) is -0.260. The van der Waals surface area contributed by atoms with Crippen LogP contribution in [0.3, 0.4) is 0 Å². The second-order valence-electron chi connectivity index (χ2n) is 4.58. The minimum atomic E-state index is -4.82. The lowest BCUT2D eigenvalue weighted by Gasteiger charge is -2.08. The number of benzene rings is 1. The van der Waals surface area contributed by atoms with Crippen LogP contribution in [0, 0.1) is 6.92 Å². The van der Waals surface area contributed by atoms with Crippen molar-refractivity contribution in [3.05, 3.63) is 46.8 Å². The molecule has 122 valence electrons. The number of halogens is 3. The number of carbonyl (C=O) groups is 2. The van der Waals surface area contributed by atoms with Gasteiger partial charge in [0.05, 0.1) is 5.69 Å². The molecule has 0 spiro atoms. The summed E-state index contributed by atoms with van der Waals surface area (Å²) in [7, 11) is 1.46. The number of nitrogens with zero attached hydrogens (tertiary/aromatic N) is 1. The normalized spacial score (nSPS) is 11.2. The summed E-state index contributed by atoms with van der Waals surface area (Å²) in [4.78, 5) is 23.4. The van der Waals surface area contributed by atoms with Crippen molar-refractivity contribution in [2.75, 3.05) is 12.4 Å². The van der Waals surface area contributed by atoms with Gasteiger partial charge in [-0.2, -0.15) is 13.2 Å². The predicted octanol–water partition coefficient (Wildman–Crippen LogP) is 2.61. The minimum absolute atomic E-state index is 0.170. The number of carbonyl (C=O) groups excluding carboxylic acids is 2. The Balaban J connectivity index is 2.23. The number of hydrogen-bond acceptors (Lipinski definition) is 4. The van der Waals surface area contributed by atoms with E-state index in [0.717, 1.165) is 0 Å². The third-order valence-electron chi connectivity index (χ3n) is 2.98. The van der Waals surface area contributed by atoms with Gasteiger partial charge >= 0.3 is 6.18 Å². The molecule has 6 nitrogen and oxygen atoms in total. The van der Waals surface area contributed by atoms with Gasteiger partial charge in [-0.15, -0.1) is 0 Å². The molecule has 0 unspecified atom stereocenters. The number of aromatic nitrogens is 1. The summed E-state index contributed by atoms with van der Waals surface area (Å²) < 4.78 is 42.5. The maximum atomic E-state index is 12.8. The zero-order valence-corrected chi connectivity index (χ0v) is 12.1. The van der Waals surface area contributed by atoms with Crippen LogP contribution < -0.4 is 10.6 Å². The minimum Gasteiger partial charge on any atom is -0.355 e. The highest BCUT2D eigenvalue weighted by Gasteiger charge is 2.41. The first-order valence-corrected chi connectivity index (χ1v) is 6.41. The Hall–Kier alpha value is -2.84. The van der Waals surface area contributed by atoms with Gasteiger partial charge in [-0.1, -0.05) is 5.16 Å². The van der Waals surface area contributed by atoms with Crippen molar-refractivity contribution in [1.82, 2.24) is 10.5 Å². The molecule has 2 rings (SSSR count). The van der Waals surface area contributed by atoms with Crippen LogP contribution >= 0.6 is 0 Å². The monoisotopic (exact) mass is 327 g/mol. The Labute approximate surface area is 128 Å². The van der Waals surface area contributed by atoms with Crippen LogP contribution in [-0.2, 0) is 6.18 Å².